The van der Waals surface area contributed by atoms with Crippen molar-refractivity contribution in [1.29, 1.82) is 0 Å². The SMILES string of the molecule is C=CCn1nc(C2=C(c3nn(CCCN(C)C)c4ccccc34)C(=O)NC2=O)c2ccccc21. The van der Waals surface area contributed by atoms with Gasteiger partial charge < -0.3 is 4.90 Å². The van der Waals surface area contributed by atoms with Crippen LogP contribution in [0.15, 0.2) is 61.2 Å². The van der Waals surface area contributed by atoms with Gasteiger partial charge in [0.15, 0.2) is 0 Å². The normalized spacial score (nSPS) is 14.1. The number of hydrogen-bond acceptors (Lipinski definition) is 5. The fourth-order valence-electron chi connectivity index (χ4n) is 4.50. The zero-order valence-corrected chi connectivity index (χ0v) is 19.3. The second-order valence-electron chi connectivity index (χ2n) is 8.62. The van der Waals surface area contributed by atoms with Crippen LogP contribution >= 0.6 is 0 Å². The number of imide groups is 1. The van der Waals surface area contributed by atoms with Gasteiger partial charge in [-0.3, -0.25) is 24.3 Å². The summed E-state index contributed by atoms with van der Waals surface area (Å²) in [6.07, 6.45) is 2.66. The third kappa shape index (κ3) is 3.62. The van der Waals surface area contributed by atoms with Crippen molar-refractivity contribution in [3.05, 3.63) is 72.6 Å². The number of amides is 2. The summed E-state index contributed by atoms with van der Waals surface area (Å²) in [5, 5.41) is 13.7. The molecule has 1 aliphatic rings. The Hall–Kier alpha value is -4.04. The van der Waals surface area contributed by atoms with Crippen molar-refractivity contribution in [3.63, 3.8) is 0 Å². The van der Waals surface area contributed by atoms with Crippen molar-refractivity contribution < 1.29 is 9.59 Å². The number of carbonyl (C=O) groups excluding carboxylic acids is 2. The van der Waals surface area contributed by atoms with E-state index in [2.05, 4.69) is 16.8 Å². The molecule has 2 aromatic carbocycles. The topological polar surface area (TPSA) is 85.1 Å². The average molecular weight is 455 g/mol. The van der Waals surface area contributed by atoms with Gasteiger partial charge >= 0.3 is 0 Å². The molecule has 0 bridgehead atoms. The predicted molar refractivity (Wildman–Crippen MR) is 133 cm³/mol. The van der Waals surface area contributed by atoms with E-state index in [0.29, 0.717) is 24.5 Å². The Kier molecular flexibility index (Phi) is 5.59. The number of carbonyl (C=O) groups is 2. The van der Waals surface area contributed by atoms with Gasteiger partial charge in [0.2, 0.25) is 0 Å². The molecule has 0 saturated heterocycles. The van der Waals surface area contributed by atoms with E-state index in [1.807, 2.05) is 67.3 Å². The third-order valence-corrected chi connectivity index (χ3v) is 6.00. The second-order valence-corrected chi connectivity index (χ2v) is 8.62. The predicted octanol–water partition coefficient (Wildman–Crippen LogP) is 3.09. The molecule has 1 N–H and O–H groups in total. The number of allylic oxidation sites excluding steroid dienone is 1. The molecule has 0 fully saturated rings. The Morgan fingerprint density at radius 3 is 1.97 bits per heavy atom. The number of hydrogen-bond donors (Lipinski definition) is 1. The van der Waals surface area contributed by atoms with Gasteiger partial charge in [0, 0.05) is 17.3 Å². The number of nitrogens with zero attached hydrogens (tertiary/aromatic N) is 5. The van der Waals surface area contributed by atoms with Gasteiger partial charge in [0.25, 0.3) is 11.8 Å². The lowest BCUT2D eigenvalue weighted by Gasteiger charge is -2.09. The van der Waals surface area contributed by atoms with Crippen LogP contribution in [0.4, 0.5) is 0 Å². The molecule has 3 heterocycles. The minimum absolute atomic E-state index is 0.257. The van der Waals surface area contributed by atoms with E-state index >= 15 is 0 Å². The zero-order valence-electron chi connectivity index (χ0n) is 19.3. The van der Waals surface area contributed by atoms with Crippen LogP contribution in [-0.4, -0.2) is 56.9 Å². The molecular weight excluding hydrogens is 428 g/mol. The fraction of sp³-hybridized carbons (Fsp3) is 0.231. The van der Waals surface area contributed by atoms with Crippen molar-refractivity contribution >= 4 is 44.8 Å². The summed E-state index contributed by atoms with van der Waals surface area (Å²) in [6, 6.07) is 15.5. The Bertz CT molecular complexity index is 1470. The van der Waals surface area contributed by atoms with E-state index in [-0.39, 0.29) is 11.1 Å². The van der Waals surface area contributed by atoms with Crippen LogP contribution in [0.5, 0.6) is 0 Å². The number of benzene rings is 2. The molecule has 2 aromatic heterocycles. The van der Waals surface area contributed by atoms with Gasteiger partial charge in [-0.1, -0.05) is 42.5 Å². The Morgan fingerprint density at radius 1 is 0.882 bits per heavy atom. The Labute approximate surface area is 197 Å². The number of aromatic nitrogens is 4. The van der Waals surface area contributed by atoms with Gasteiger partial charge in [-0.2, -0.15) is 10.2 Å². The molecular formula is C26H26N6O2. The molecule has 8 nitrogen and oxygen atoms in total. The van der Waals surface area contributed by atoms with Crippen LogP contribution in [0.25, 0.3) is 33.0 Å². The molecule has 4 aromatic rings. The van der Waals surface area contributed by atoms with E-state index < -0.39 is 11.8 Å². The maximum Gasteiger partial charge on any atom is 0.261 e. The fourth-order valence-corrected chi connectivity index (χ4v) is 4.50. The van der Waals surface area contributed by atoms with Gasteiger partial charge in [0.1, 0.15) is 11.4 Å². The van der Waals surface area contributed by atoms with E-state index in [1.165, 1.54) is 0 Å². The van der Waals surface area contributed by atoms with Gasteiger partial charge in [-0.05, 0) is 39.2 Å². The van der Waals surface area contributed by atoms with E-state index in [1.54, 1.807) is 10.8 Å². The number of fused-ring (bicyclic) bond motifs is 2. The van der Waals surface area contributed by atoms with Crippen molar-refractivity contribution in [2.75, 3.05) is 20.6 Å². The van der Waals surface area contributed by atoms with Gasteiger partial charge in [-0.15, -0.1) is 6.58 Å². The molecule has 8 heteroatoms. The van der Waals surface area contributed by atoms with Crippen LogP contribution in [-0.2, 0) is 22.7 Å². The highest BCUT2D eigenvalue weighted by atomic mass is 16.2. The lowest BCUT2D eigenvalue weighted by molar-refractivity contribution is -0.122. The zero-order chi connectivity index (χ0) is 23.8. The molecule has 0 unspecified atom stereocenters. The van der Waals surface area contributed by atoms with Crippen LogP contribution < -0.4 is 5.32 Å². The molecule has 34 heavy (non-hydrogen) atoms. The Morgan fingerprint density at radius 2 is 1.41 bits per heavy atom. The summed E-state index contributed by atoms with van der Waals surface area (Å²) in [5.41, 5.74) is 3.30. The van der Waals surface area contributed by atoms with Crippen LogP contribution in [0, 0.1) is 0 Å². The first-order chi connectivity index (χ1) is 16.5. The van der Waals surface area contributed by atoms with Crippen molar-refractivity contribution in [3.8, 4) is 0 Å². The molecule has 0 radical (unpaired) electrons. The standard InChI is InChI=1S/C26H26N6O2/c1-4-14-31-19-12-7-5-10-17(19)23(28-31)21-22(26(34)27-25(21)33)24-18-11-6-8-13-20(18)32(29-24)16-9-15-30(2)3/h4-8,10-13H,1,9,14-16H2,2-3H3,(H,27,33,34). The first-order valence-corrected chi connectivity index (χ1v) is 11.3. The lowest BCUT2D eigenvalue weighted by atomic mass is 9.99. The highest BCUT2D eigenvalue weighted by Crippen LogP contribution is 2.36. The largest absolute Gasteiger partial charge is 0.309 e. The highest BCUT2D eigenvalue weighted by Gasteiger charge is 2.37. The van der Waals surface area contributed by atoms with Crippen LogP contribution in [0.2, 0.25) is 0 Å². The van der Waals surface area contributed by atoms with Crippen molar-refractivity contribution in [2.24, 2.45) is 0 Å². The maximum atomic E-state index is 13.1. The summed E-state index contributed by atoms with van der Waals surface area (Å²) in [6.45, 7) is 5.92. The molecule has 0 atom stereocenters. The van der Waals surface area contributed by atoms with Gasteiger partial charge in [0.05, 0.1) is 28.7 Å². The molecule has 2 amide bonds. The molecule has 0 spiro atoms. The smallest absolute Gasteiger partial charge is 0.261 e. The molecule has 172 valence electrons. The summed E-state index contributed by atoms with van der Waals surface area (Å²) in [7, 11) is 4.07. The summed E-state index contributed by atoms with van der Waals surface area (Å²) in [4.78, 5) is 28.3. The summed E-state index contributed by atoms with van der Waals surface area (Å²) < 4.78 is 3.71. The summed E-state index contributed by atoms with van der Waals surface area (Å²) >= 11 is 0. The third-order valence-electron chi connectivity index (χ3n) is 6.00. The van der Waals surface area contributed by atoms with Crippen molar-refractivity contribution in [2.45, 2.75) is 19.5 Å². The molecule has 1 aliphatic heterocycles. The second kappa shape index (κ2) is 8.72. The molecule has 5 rings (SSSR count). The average Bonchev–Trinajstić information content (AvgIpc) is 3.45. The first kappa shape index (κ1) is 21.8. The minimum atomic E-state index is -0.458. The van der Waals surface area contributed by atoms with E-state index in [4.69, 9.17) is 10.2 Å². The van der Waals surface area contributed by atoms with Crippen molar-refractivity contribution in [1.82, 2.24) is 29.8 Å². The summed E-state index contributed by atoms with van der Waals surface area (Å²) in [5.74, 6) is -0.911. The van der Waals surface area contributed by atoms with E-state index in [9.17, 15) is 9.59 Å². The van der Waals surface area contributed by atoms with E-state index in [0.717, 1.165) is 34.8 Å². The molecule has 0 saturated carbocycles. The lowest BCUT2D eigenvalue weighted by Crippen LogP contribution is -2.23. The number of nitrogens with one attached hydrogen (secondary N) is 1. The molecule has 0 aliphatic carbocycles. The first-order valence-electron chi connectivity index (χ1n) is 11.3. The van der Waals surface area contributed by atoms with Gasteiger partial charge in [-0.25, -0.2) is 0 Å². The highest BCUT2D eigenvalue weighted by molar-refractivity contribution is 6.50. The number of rotatable bonds is 8. The van der Waals surface area contributed by atoms with Crippen LogP contribution in [0.1, 0.15) is 17.8 Å². The Balaban J connectivity index is 1.72. The minimum Gasteiger partial charge on any atom is -0.309 e. The number of aryl methyl sites for hydroxylation is 1. The van der Waals surface area contributed by atoms with Crippen LogP contribution in [0.3, 0.4) is 0 Å². The monoisotopic (exact) mass is 454 g/mol. The number of para-hydroxylation sites is 2. The quantitative estimate of drug-likeness (QED) is 0.327. The maximum absolute atomic E-state index is 13.1.